The van der Waals surface area contributed by atoms with Gasteiger partial charge in [-0.3, -0.25) is 4.98 Å². The Hall–Kier alpha value is -0.960. The third kappa shape index (κ3) is 1.01. The van der Waals surface area contributed by atoms with E-state index < -0.39 is 11.4 Å². The first-order valence-electron chi connectivity index (χ1n) is 4.05. The Morgan fingerprint density at radius 1 is 1.50 bits per heavy atom. The molecule has 12 heavy (non-hydrogen) atoms. The molecule has 0 aliphatic heterocycles. The number of nitrogens with zero attached hydrogens (tertiary/aromatic N) is 1. The lowest BCUT2D eigenvalue weighted by molar-refractivity contribution is -0.0417. The van der Waals surface area contributed by atoms with Crippen molar-refractivity contribution in [1.82, 2.24) is 4.98 Å². The maximum atomic E-state index is 13.1. The van der Waals surface area contributed by atoms with Crippen LogP contribution in [0.4, 0.5) is 4.39 Å². The molecule has 1 saturated carbocycles. The number of rotatable bonds is 1. The molecule has 0 radical (unpaired) electrons. The van der Waals surface area contributed by atoms with Crippen molar-refractivity contribution >= 4 is 0 Å². The van der Waals surface area contributed by atoms with Crippen LogP contribution in [0.1, 0.15) is 24.8 Å². The summed E-state index contributed by atoms with van der Waals surface area (Å²) >= 11 is 0. The van der Waals surface area contributed by atoms with Gasteiger partial charge in [0.05, 0.1) is 11.8 Å². The Labute approximate surface area is 70.1 Å². The maximum Gasteiger partial charge on any atom is 0.147 e. The summed E-state index contributed by atoms with van der Waals surface area (Å²) in [6, 6.07) is 1.55. The van der Waals surface area contributed by atoms with E-state index in [9.17, 15) is 9.50 Å². The first-order chi connectivity index (χ1) is 5.72. The van der Waals surface area contributed by atoms with Gasteiger partial charge in [0.15, 0.2) is 0 Å². The molecular formula is C9H10FNO. The molecule has 0 atom stereocenters. The van der Waals surface area contributed by atoms with Crippen LogP contribution >= 0.6 is 0 Å². The molecule has 1 aliphatic rings. The molecule has 1 fully saturated rings. The second-order valence-electron chi connectivity index (χ2n) is 3.24. The molecule has 0 saturated heterocycles. The molecular weight excluding hydrogens is 157 g/mol. The van der Waals surface area contributed by atoms with Crippen LogP contribution < -0.4 is 0 Å². The SMILES string of the molecule is OC1(c2ccncc2F)CCC1. The van der Waals surface area contributed by atoms with Crippen LogP contribution in [0.25, 0.3) is 0 Å². The number of halogens is 1. The van der Waals surface area contributed by atoms with Crippen LogP contribution in [-0.2, 0) is 5.60 Å². The largest absolute Gasteiger partial charge is 0.385 e. The van der Waals surface area contributed by atoms with Gasteiger partial charge in [-0.2, -0.15) is 0 Å². The summed E-state index contributed by atoms with van der Waals surface area (Å²) < 4.78 is 13.1. The van der Waals surface area contributed by atoms with Gasteiger partial charge in [0, 0.05) is 11.8 Å². The third-order valence-corrected chi connectivity index (χ3v) is 2.45. The molecule has 2 nitrogen and oxygen atoms in total. The van der Waals surface area contributed by atoms with Gasteiger partial charge in [-0.25, -0.2) is 4.39 Å². The van der Waals surface area contributed by atoms with E-state index in [-0.39, 0.29) is 0 Å². The van der Waals surface area contributed by atoms with Crippen molar-refractivity contribution in [2.75, 3.05) is 0 Å². The van der Waals surface area contributed by atoms with Crippen molar-refractivity contribution in [2.24, 2.45) is 0 Å². The van der Waals surface area contributed by atoms with E-state index in [2.05, 4.69) is 4.98 Å². The van der Waals surface area contributed by atoms with E-state index in [0.29, 0.717) is 18.4 Å². The van der Waals surface area contributed by atoms with Crippen LogP contribution in [0, 0.1) is 5.82 Å². The number of aliphatic hydroxyl groups is 1. The van der Waals surface area contributed by atoms with E-state index >= 15 is 0 Å². The average Bonchev–Trinajstić information content (AvgIpc) is 2.01. The lowest BCUT2D eigenvalue weighted by Gasteiger charge is -2.36. The van der Waals surface area contributed by atoms with Crippen molar-refractivity contribution in [3.8, 4) is 0 Å². The summed E-state index contributed by atoms with van der Waals surface area (Å²) in [5.41, 5.74) is -0.517. The van der Waals surface area contributed by atoms with Gasteiger partial charge in [0.25, 0.3) is 0 Å². The number of aromatic nitrogens is 1. The third-order valence-electron chi connectivity index (χ3n) is 2.45. The van der Waals surface area contributed by atoms with Crippen molar-refractivity contribution in [1.29, 1.82) is 0 Å². The zero-order valence-electron chi connectivity index (χ0n) is 6.63. The molecule has 64 valence electrons. The lowest BCUT2D eigenvalue weighted by atomic mass is 9.75. The Morgan fingerprint density at radius 2 is 2.25 bits per heavy atom. The second kappa shape index (κ2) is 2.52. The Balaban J connectivity index is 2.39. The lowest BCUT2D eigenvalue weighted by Crippen LogP contribution is -2.34. The smallest absolute Gasteiger partial charge is 0.147 e. The zero-order valence-corrected chi connectivity index (χ0v) is 6.63. The summed E-state index contributed by atoms with van der Waals surface area (Å²) in [7, 11) is 0. The summed E-state index contributed by atoms with van der Waals surface area (Å²) in [6.45, 7) is 0. The highest BCUT2D eigenvalue weighted by Crippen LogP contribution is 2.41. The molecule has 1 aliphatic carbocycles. The minimum atomic E-state index is -0.910. The predicted molar refractivity (Wildman–Crippen MR) is 41.9 cm³/mol. The second-order valence-corrected chi connectivity index (χ2v) is 3.24. The summed E-state index contributed by atoms with van der Waals surface area (Å²) in [4.78, 5) is 3.63. The molecule has 1 aromatic rings. The van der Waals surface area contributed by atoms with Gasteiger partial charge in [0.2, 0.25) is 0 Å². The first-order valence-corrected chi connectivity index (χ1v) is 4.05. The molecule has 1 N–H and O–H groups in total. The normalized spacial score (nSPS) is 20.2. The van der Waals surface area contributed by atoms with Crippen LogP contribution in [0.2, 0.25) is 0 Å². The number of hydrogen-bond donors (Lipinski definition) is 1. The van der Waals surface area contributed by atoms with Crippen molar-refractivity contribution in [3.63, 3.8) is 0 Å². The van der Waals surface area contributed by atoms with Crippen molar-refractivity contribution in [3.05, 3.63) is 29.8 Å². The monoisotopic (exact) mass is 167 g/mol. The van der Waals surface area contributed by atoms with Gasteiger partial charge in [-0.1, -0.05) is 0 Å². The van der Waals surface area contributed by atoms with E-state index in [1.54, 1.807) is 6.07 Å². The van der Waals surface area contributed by atoms with Gasteiger partial charge in [-0.05, 0) is 25.3 Å². The topological polar surface area (TPSA) is 33.1 Å². The molecule has 1 aromatic heterocycles. The fourth-order valence-corrected chi connectivity index (χ4v) is 1.53. The van der Waals surface area contributed by atoms with Crippen LogP contribution in [0.5, 0.6) is 0 Å². The Kier molecular flexibility index (Phi) is 1.61. The first kappa shape index (κ1) is 7.68. The van der Waals surface area contributed by atoms with Gasteiger partial charge in [0.1, 0.15) is 5.82 Å². The van der Waals surface area contributed by atoms with Gasteiger partial charge < -0.3 is 5.11 Å². The number of pyridine rings is 1. The van der Waals surface area contributed by atoms with E-state index in [1.165, 1.54) is 6.20 Å². The standard InChI is InChI=1S/C9H10FNO/c10-8-6-11-5-2-7(8)9(12)3-1-4-9/h2,5-6,12H,1,3-4H2. The summed E-state index contributed by atoms with van der Waals surface area (Å²) in [6.07, 6.45) is 4.94. The van der Waals surface area contributed by atoms with E-state index in [0.717, 1.165) is 12.6 Å². The van der Waals surface area contributed by atoms with Crippen LogP contribution in [0.3, 0.4) is 0 Å². The van der Waals surface area contributed by atoms with E-state index in [4.69, 9.17) is 0 Å². The van der Waals surface area contributed by atoms with Crippen molar-refractivity contribution < 1.29 is 9.50 Å². The fourth-order valence-electron chi connectivity index (χ4n) is 1.53. The Bertz CT molecular complexity index is 296. The maximum absolute atomic E-state index is 13.1. The molecule has 1 heterocycles. The molecule has 0 bridgehead atoms. The van der Waals surface area contributed by atoms with E-state index in [1.807, 2.05) is 0 Å². The van der Waals surface area contributed by atoms with Gasteiger partial charge >= 0.3 is 0 Å². The summed E-state index contributed by atoms with van der Waals surface area (Å²) in [5.74, 6) is -0.403. The molecule has 3 heteroatoms. The minimum absolute atomic E-state index is 0.392. The van der Waals surface area contributed by atoms with Crippen molar-refractivity contribution in [2.45, 2.75) is 24.9 Å². The Morgan fingerprint density at radius 3 is 2.75 bits per heavy atom. The summed E-state index contributed by atoms with van der Waals surface area (Å²) in [5, 5.41) is 9.79. The van der Waals surface area contributed by atoms with Crippen LogP contribution in [-0.4, -0.2) is 10.1 Å². The molecule has 0 spiro atoms. The molecule has 0 aromatic carbocycles. The number of hydrogen-bond acceptors (Lipinski definition) is 2. The highest BCUT2D eigenvalue weighted by Gasteiger charge is 2.38. The highest BCUT2D eigenvalue weighted by atomic mass is 19.1. The molecule has 0 amide bonds. The highest BCUT2D eigenvalue weighted by molar-refractivity contribution is 5.23. The predicted octanol–water partition coefficient (Wildman–Crippen LogP) is 1.59. The van der Waals surface area contributed by atoms with Crippen LogP contribution in [0.15, 0.2) is 18.5 Å². The zero-order chi connectivity index (χ0) is 8.60. The van der Waals surface area contributed by atoms with Gasteiger partial charge in [-0.15, -0.1) is 0 Å². The molecule has 2 rings (SSSR count). The fraction of sp³-hybridized carbons (Fsp3) is 0.444. The average molecular weight is 167 g/mol. The quantitative estimate of drug-likeness (QED) is 0.689. The molecule has 0 unspecified atom stereocenters. The minimum Gasteiger partial charge on any atom is -0.385 e.